The van der Waals surface area contributed by atoms with E-state index in [1.807, 2.05) is 37.3 Å². The molecule has 1 fully saturated rings. The number of ether oxygens (including phenoxy) is 1. The molecule has 2 N–H and O–H groups in total. The third-order valence-electron chi connectivity index (χ3n) is 5.50. The first-order chi connectivity index (χ1) is 16.1. The molecule has 4 aromatic rings. The van der Waals surface area contributed by atoms with Crippen LogP contribution in [0.2, 0.25) is 0 Å². The fraction of sp³-hybridized carbons (Fsp3) is 0.261. The summed E-state index contributed by atoms with van der Waals surface area (Å²) in [7, 11) is 0. The molecule has 1 atom stereocenters. The molecular weight excluding hydrogens is 424 g/mol. The van der Waals surface area contributed by atoms with Gasteiger partial charge < -0.3 is 19.9 Å². The molecule has 33 heavy (non-hydrogen) atoms. The standard InChI is InChI=1S/C23H22N6O4/c1-14-7-8-15(21-27-20(33-28-21)13-25-23(31)18-5-4-10-32-18)11-16(14)26-22(30)17-12-24-19-6-2-3-9-29(17)19/h2-3,6-9,11-12,18H,4-5,10,13H2,1H3,(H,25,31)(H,26,30)/t18-/m1/s1. The third kappa shape index (κ3) is 4.33. The summed E-state index contributed by atoms with van der Waals surface area (Å²) < 4.78 is 12.4. The number of nitrogens with one attached hydrogen (secondary N) is 2. The van der Waals surface area contributed by atoms with Crippen LogP contribution in [0.5, 0.6) is 0 Å². The zero-order chi connectivity index (χ0) is 22.8. The molecule has 0 bridgehead atoms. The van der Waals surface area contributed by atoms with Crippen LogP contribution in [0.3, 0.4) is 0 Å². The smallest absolute Gasteiger partial charge is 0.274 e. The second-order valence-corrected chi connectivity index (χ2v) is 7.79. The quantitative estimate of drug-likeness (QED) is 0.467. The summed E-state index contributed by atoms with van der Waals surface area (Å²) >= 11 is 0. The van der Waals surface area contributed by atoms with Gasteiger partial charge in [-0.2, -0.15) is 4.98 Å². The molecule has 0 aliphatic carbocycles. The third-order valence-corrected chi connectivity index (χ3v) is 5.50. The van der Waals surface area contributed by atoms with Crippen LogP contribution in [-0.2, 0) is 16.1 Å². The SMILES string of the molecule is Cc1ccc(-c2noc(CNC(=O)[C@H]3CCCO3)n2)cc1NC(=O)c1cnc2ccccn12. The van der Waals surface area contributed by atoms with Crippen LogP contribution in [0.25, 0.3) is 17.0 Å². The summed E-state index contributed by atoms with van der Waals surface area (Å²) in [5.74, 6) is 0.189. The van der Waals surface area contributed by atoms with Crippen LogP contribution in [0.1, 0.15) is 34.8 Å². The van der Waals surface area contributed by atoms with Crippen LogP contribution >= 0.6 is 0 Å². The van der Waals surface area contributed by atoms with E-state index in [4.69, 9.17) is 9.26 Å². The van der Waals surface area contributed by atoms with E-state index in [2.05, 4.69) is 25.8 Å². The summed E-state index contributed by atoms with van der Waals surface area (Å²) in [4.78, 5) is 33.6. The van der Waals surface area contributed by atoms with E-state index in [-0.39, 0.29) is 24.2 Å². The number of aryl methyl sites for hydroxylation is 1. The molecule has 10 nitrogen and oxygen atoms in total. The van der Waals surface area contributed by atoms with Crippen LogP contribution in [-0.4, -0.2) is 44.1 Å². The van der Waals surface area contributed by atoms with Crippen molar-refractivity contribution in [2.24, 2.45) is 0 Å². The molecule has 168 valence electrons. The molecule has 2 amide bonds. The van der Waals surface area contributed by atoms with Gasteiger partial charge in [0, 0.05) is 24.1 Å². The van der Waals surface area contributed by atoms with Crippen LogP contribution in [0, 0.1) is 6.92 Å². The number of pyridine rings is 1. The largest absolute Gasteiger partial charge is 0.368 e. The summed E-state index contributed by atoms with van der Waals surface area (Å²) in [5, 5.41) is 9.70. The van der Waals surface area contributed by atoms with Gasteiger partial charge in [0.2, 0.25) is 17.6 Å². The average Bonchev–Trinajstić information content (AvgIpc) is 3.59. The number of amides is 2. The Balaban J connectivity index is 1.29. The van der Waals surface area contributed by atoms with E-state index in [0.29, 0.717) is 41.4 Å². The Morgan fingerprint density at radius 1 is 1.24 bits per heavy atom. The van der Waals surface area contributed by atoms with Crippen molar-refractivity contribution in [3.8, 4) is 11.4 Å². The lowest BCUT2D eigenvalue weighted by Crippen LogP contribution is -2.33. The molecule has 0 radical (unpaired) electrons. The van der Waals surface area contributed by atoms with Gasteiger partial charge in [0.1, 0.15) is 17.4 Å². The lowest BCUT2D eigenvalue weighted by molar-refractivity contribution is -0.130. The minimum Gasteiger partial charge on any atom is -0.368 e. The van der Waals surface area contributed by atoms with E-state index in [0.717, 1.165) is 12.0 Å². The van der Waals surface area contributed by atoms with Gasteiger partial charge in [0.15, 0.2) is 0 Å². The van der Waals surface area contributed by atoms with Crippen molar-refractivity contribution in [2.45, 2.75) is 32.4 Å². The van der Waals surface area contributed by atoms with Crippen molar-refractivity contribution in [1.29, 1.82) is 0 Å². The van der Waals surface area contributed by atoms with Gasteiger partial charge in [0.25, 0.3) is 5.91 Å². The van der Waals surface area contributed by atoms with Gasteiger partial charge >= 0.3 is 0 Å². The first kappa shape index (κ1) is 20.8. The molecule has 0 spiro atoms. The summed E-state index contributed by atoms with van der Waals surface area (Å²) in [6.45, 7) is 2.62. The lowest BCUT2D eigenvalue weighted by atomic mass is 10.1. The van der Waals surface area contributed by atoms with Gasteiger partial charge in [-0.05, 0) is 43.5 Å². The number of fused-ring (bicyclic) bond motifs is 1. The Labute approximate surface area is 189 Å². The minimum atomic E-state index is -0.413. The Hall–Kier alpha value is -4.05. The number of carbonyl (C=O) groups excluding carboxylic acids is 2. The number of hydrogen-bond acceptors (Lipinski definition) is 7. The number of anilines is 1. The van der Waals surface area contributed by atoms with Crippen LogP contribution < -0.4 is 10.6 Å². The van der Waals surface area contributed by atoms with Crippen molar-refractivity contribution in [2.75, 3.05) is 11.9 Å². The minimum absolute atomic E-state index is 0.120. The number of hydrogen-bond donors (Lipinski definition) is 2. The summed E-state index contributed by atoms with van der Waals surface area (Å²) in [6.07, 6.45) is 4.52. The normalized spacial score (nSPS) is 15.6. The van der Waals surface area contributed by atoms with Crippen molar-refractivity contribution >= 4 is 23.1 Å². The molecule has 0 saturated carbocycles. The highest BCUT2D eigenvalue weighted by atomic mass is 16.5. The maximum atomic E-state index is 12.9. The molecule has 1 aliphatic heterocycles. The van der Waals surface area contributed by atoms with E-state index < -0.39 is 6.10 Å². The lowest BCUT2D eigenvalue weighted by Gasteiger charge is -2.09. The van der Waals surface area contributed by atoms with Crippen molar-refractivity contribution in [1.82, 2.24) is 24.8 Å². The number of carbonyl (C=O) groups is 2. The molecule has 1 aromatic carbocycles. The average molecular weight is 446 g/mol. The number of aromatic nitrogens is 4. The summed E-state index contributed by atoms with van der Waals surface area (Å²) in [6, 6.07) is 11.0. The van der Waals surface area contributed by atoms with Gasteiger partial charge in [0.05, 0.1) is 12.7 Å². The second kappa shape index (κ2) is 8.83. The Kier molecular flexibility index (Phi) is 5.57. The molecule has 3 aromatic heterocycles. The topological polar surface area (TPSA) is 124 Å². The number of imidazole rings is 1. The van der Waals surface area contributed by atoms with Crippen molar-refractivity contribution < 1.29 is 18.8 Å². The molecular formula is C23H22N6O4. The zero-order valence-corrected chi connectivity index (χ0v) is 17.9. The molecule has 0 unspecified atom stereocenters. The predicted molar refractivity (Wildman–Crippen MR) is 118 cm³/mol. The molecule has 1 aliphatic rings. The molecule has 4 heterocycles. The number of benzene rings is 1. The van der Waals surface area contributed by atoms with Crippen LogP contribution in [0.4, 0.5) is 5.69 Å². The van der Waals surface area contributed by atoms with E-state index in [1.54, 1.807) is 22.9 Å². The van der Waals surface area contributed by atoms with Crippen LogP contribution in [0.15, 0.2) is 53.3 Å². The maximum Gasteiger partial charge on any atom is 0.274 e. The highest BCUT2D eigenvalue weighted by molar-refractivity contribution is 6.04. The van der Waals surface area contributed by atoms with Gasteiger partial charge in [-0.3, -0.25) is 14.0 Å². The first-order valence-electron chi connectivity index (χ1n) is 10.6. The number of nitrogens with zero attached hydrogens (tertiary/aromatic N) is 4. The van der Waals surface area contributed by atoms with Gasteiger partial charge in [-0.15, -0.1) is 0 Å². The fourth-order valence-corrected chi connectivity index (χ4v) is 3.69. The number of rotatable bonds is 6. The first-order valence-corrected chi connectivity index (χ1v) is 10.6. The zero-order valence-electron chi connectivity index (χ0n) is 17.9. The van der Waals surface area contributed by atoms with Crippen molar-refractivity contribution in [3.63, 3.8) is 0 Å². The van der Waals surface area contributed by atoms with E-state index in [1.165, 1.54) is 0 Å². The van der Waals surface area contributed by atoms with Gasteiger partial charge in [-0.25, -0.2) is 4.98 Å². The monoisotopic (exact) mass is 446 g/mol. The Morgan fingerprint density at radius 2 is 2.15 bits per heavy atom. The van der Waals surface area contributed by atoms with E-state index in [9.17, 15) is 9.59 Å². The van der Waals surface area contributed by atoms with Gasteiger partial charge in [-0.1, -0.05) is 23.4 Å². The Morgan fingerprint density at radius 3 is 3.00 bits per heavy atom. The summed E-state index contributed by atoms with van der Waals surface area (Å²) in [5.41, 5.74) is 3.31. The molecule has 10 heteroatoms. The predicted octanol–water partition coefficient (Wildman–Crippen LogP) is 2.74. The second-order valence-electron chi connectivity index (χ2n) is 7.79. The highest BCUT2D eigenvalue weighted by Gasteiger charge is 2.23. The molecule has 5 rings (SSSR count). The Bertz CT molecular complexity index is 1320. The fourth-order valence-electron chi connectivity index (χ4n) is 3.69. The van der Waals surface area contributed by atoms with Crippen molar-refractivity contribution in [3.05, 3.63) is 65.9 Å². The van der Waals surface area contributed by atoms with E-state index >= 15 is 0 Å². The molecule has 1 saturated heterocycles. The maximum absolute atomic E-state index is 12.9. The highest BCUT2D eigenvalue weighted by Crippen LogP contribution is 2.24.